The molecule has 0 aliphatic carbocycles. The number of aliphatic carboxylic acids is 1. The van der Waals surface area contributed by atoms with Gasteiger partial charge in [-0.1, -0.05) is 0 Å². The zero-order chi connectivity index (χ0) is 11.0. The van der Waals surface area contributed by atoms with Crippen LogP contribution >= 0.6 is 0 Å². The molecule has 0 saturated carbocycles. The molecule has 0 fully saturated rings. The van der Waals surface area contributed by atoms with Crippen LogP contribution in [0.15, 0.2) is 0 Å². The molecule has 0 aromatic carbocycles. The van der Waals surface area contributed by atoms with Crippen LogP contribution in [-0.2, 0) is 9.59 Å². The Morgan fingerprint density at radius 1 is 1.43 bits per heavy atom. The van der Waals surface area contributed by atoms with Crippen LogP contribution < -0.4 is 62.2 Å². The number of Topliss-reactive ketones (excluding diaryl/α,β-unsaturated/α-hetero) is 1. The minimum absolute atomic E-state index is 0. The van der Waals surface area contributed by atoms with Gasteiger partial charge in [-0.3, -0.25) is 4.79 Å². The maximum absolute atomic E-state index is 10.0. The van der Waals surface area contributed by atoms with Gasteiger partial charge in [0.15, 0.2) is 5.78 Å². The van der Waals surface area contributed by atoms with E-state index in [0.29, 0.717) is 0 Å². The van der Waals surface area contributed by atoms with E-state index in [0.717, 1.165) is 6.92 Å². The number of hydrogen-bond donors (Lipinski definition) is 3. The third-order valence-electron chi connectivity index (χ3n) is 1.03. The van der Waals surface area contributed by atoms with Crippen molar-refractivity contribution in [3.8, 4) is 0 Å². The van der Waals surface area contributed by atoms with Gasteiger partial charge in [0.2, 0.25) is 0 Å². The van der Waals surface area contributed by atoms with Crippen molar-refractivity contribution >= 4 is 11.8 Å². The van der Waals surface area contributed by atoms with Crippen LogP contribution in [0.25, 0.3) is 0 Å². The molecule has 78 valence electrons. The van der Waals surface area contributed by atoms with Crippen molar-refractivity contribution in [1.82, 2.24) is 0 Å². The summed E-state index contributed by atoms with van der Waals surface area (Å²) in [6.07, 6.45) is -2.30. The van der Waals surface area contributed by atoms with Crippen LogP contribution in [0, 0.1) is 0 Å². The molecule has 0 heterocycles. The van der Waals surface area contributed by atoms with Gasteiger partial charge >= 0.3 is 51.4 Å². The summed E-state index contributed by atoms with van der Waals surface area (Å²) in [5.74, 6) is -1.71. The van der Waals surface area contributed by atoms with E-state index >= 15 is 0 Å². The molecule has 0 spiro atoms. The normalized spacial score (nSPS) is 12.6. The molecule has 0 aromatic rings. The van der Waals surface area contributed by atoms with E-state index in [9.17, 15) is 14.7 Å². The molecular weight excluding hydrogens is 217 g/mol. The fraction of sp³-hybridized carbons (Fsp3) is 0.714. The van der Waals surface area contributed by atoms with Crippen molar-refractivity contribution in [3.63, 3.8) is 0 Å². The molecule has 6 nitrogen and oxygen atoms in total. The molecule has 0 saturated heterocycles. The van der Waals surface area contributed by atoms with E-state index in [1.54, 1.807) is 0 Å². The average molecular weight is 231 g/mol. The maximum Gasteiger partial charge on any atom is 1.00 e. The zero-order valence-electron chi connectivity index (χ0n) is 8.56. The Morgan fingerprint density at radius 2 is 1.71 bits per heavy atom. The maximum atomic E-state index is 10.0. The van der Waals surface area contributed by atoms with E-state index in [4.69, 9.17) is 15.9 Å². The molecular formula is C7H14KNO5. The summed E-state index contributed by atoms with van der Waals surface area (Å²) >= 11 is 0. The van der Waals surface area contributed by atoms with Crippen molar-refractivity contribution < 1.29 is 76.3 Å². The molecule has 0 radical (unpaired) electrons. The van der Waals surface area contributed by atoms with Gasteiger partial charge in [0.05, 0.1) is 12.1 Å². The second kappa shape index (κ2) is 11.7. The molecule has 0 aliphatic rings. The first-order valence-electron chi connectivity index (χ1n) is 3.60. The van der Waals surface area contributed by atoms with Crippen LogP contribution in [0.5, 0.6) is 0 Å². The minimum Gasteiger partial charge on any atom is -0.547 e. The Kier molecular flexibility index (Phi) is 16.9. The molecule has 0 rings (SSSR count). The summed E-state index contributed by atoms with van der Waals surface area (Å²) in [4.78, 5) is 19.4. The van der Waals surface area contributed by atoms with Gasteiger partial charge in [0, 0.05) is 6.54 Å². The monoisotopic (exact) mass is 231 g/mol. The average Bonchev–Trinajstić information content (AvgIpc) is 2.03. The predicted octanol–water partition coefficient (Wildman–Crippen LogP) is -5.98. The van der Waals surface area contributed by atoms with Crippen LogP contribution in [0.4, 0.5) is 0 Å². The van der Waals surface area contributed by atoms with Gasteiger partial charge in [0.1, 0.15) is 6.10 Å². The number of rotatable bonds is 3. The summed E-state index contributed by atoms with van der Waals surface area (Å²) in [5.41, 5.74) is 4.90. The second-order valence-corrected chi connectivity index (χ2v) is 2.36. The number of nitrogens with two attached hydrogens (primary N) is 1. The Morgan fingerprint density at radius 3 is 1.71 bits per heavy atom. The summed E-state index contributed by atoms with van der Waals surface area (Å²) in [5, 5.41) is 25.8. The molecule has 0 aliphatic heterocycles. The second-order valence-electron chi connectivity index (χ2n) is 2.36. The summed E-state index contributed by atoms with van der Waals surface area (Å²) < 4.78 is 0. The Balaban J connectivity index is -0.000000163. The number of aliphatic hydroxyl groups excluding tert-OH is 2. The van der Waals surface area contributed by atoms with Crippen molar-refractivity contribution in [3.05, 3.63) is 0 Å². The van der Waals surface area contributed by atoms with Crippen LogP contribution in [0.3, 0.4) is 0 Å². The fourth-order valence-corrected chi connectivity index (χ4v) is 0.166. The summed E-state index contributed by atoms with van der Waals surface area (Å²) in [7, 11) is 0. The number of carbonyl (C=O) groups is 2. The number of ketones is 1. The Bertz CT molecular complexity index is 173. The van der Waals surface area contributed by atoms with E-state index in [-0.39, 0.29) is 63.7 Å². The first kappa shape index (κ1) is 20.1. The standard InChI is InChI=1S/C4H9NO2.C3H6O3.K/c1-3(6)4(7)2-5;1-2(4)3(5)6;/h4,7H,2,5H2,1H3;2,4H,1H3,(H,5,6);/q;;+1/p-1. The van der Waals surface area contributed by atoms with Crippen molar-refractivity contribution in [1.29, 1.82) is 0 Å². The smallest absolute Gasteiger partial charge is 0.547 e. The molecule has 14 heavy (non-hydrogen) atoms. The fourth-order valence-electron chi connectivity index (χ4n) is 0.166. The number of carboxylic acid groups (broad SMARTS) is 1. The molecule has 0 amide bonds. The van der Waals surface area contributed by atoms with Crippen molar-refractivity contribution in [2.24, 2.45) is 5.73 Å². The number of carboxylic acids is 1. The molecule has 4 N–H and O–H groups in total. The third kappa shape index (κ3) is 15.1. The third-order valence-corrected chi connectivity index (χ3v) is 1.03. The SMILES string of the molecule is CC(=O)C(O)CN.CC(O)C(=O)[O-].[K+]. The van der Waals surface area contributed by atoms with Gasteiger partial charge in [-0.05, 0) is 13.8 Å². The molecule has 0 aromatic heterocycles. The van der Waals surface area contributed by atoms with Crippen LogP contribution in [0.1, 0.15) is 13.8 Å². The van der Waals surface area contributed by atoms with Gasteiger partial charge in [-0.2, -0.15) is 0 Å². The molecule has 2 unspecified atom stereocenters. The van der Waals surface area contributed by atoms with Gasteiger partial charge < -0.3 is 25.8 Å². The zero-order valence-corrected chi connectivity index (χ0v) is 11.7. The van der Waals surface area contributed by atoms with E-state index in [1.165, 1.54) is 6.92 Å². The van der Waals surface area contributed by atoms with Gasteiger partial charge in [-0.25, -0.2) is 0 Å². The Labute approximate surface area is 125 Å². The number of carbonyl (C=O) groups excluding carboxylic acids is 2. The van der Waals surface area contributed by atoms with E-state index < -0.39 is 18.2 Å². The number of aliphatic hydroxyl groups is 2. The van der Waals surface area contributed by atoms with Crippen molar-refractivity contribution in [2.75, 3.05) is 6.54 Å². The van der Waals surface area contributed by atoms with Crippen molar-refractivity contribution in [2.45, 2.75) is 26.1 Å². The molecule has 0 bridgehead atoms. The first-order valence-corrected chi connectivity index (χ1v) is 3.60. The summed E-state index contributed by atoms with van der Waals surface area (Å²) in [6, 6.07) is 0. The summed E-state index contributed by atoms with van der Waals surface area (Å²) in [6.45, 7) is 2.46. The molecule has 7 heteroatoms. The predicted molar refractivity (Wildman–Crippen MR) is 42.4 cm³/mol. The Hall–Kier alpha value is 0.656. The number of hydrogen-bond acceptors (Lipinski definition) is 6. The first-order chi connectivity index (χ1) is 5.82. The van der Waals surface area contributed by atoms with E-state index in [1.807, 2.05) is 0 Å². The van der Waals surface area contributed by atoms with Crippen LogP contribution in [-0.4, -0.2) is 40.7 Å². The van der Waals surface area contributed by atoms with Gasteiger partial charge in [-0.15, -0.1) is 0 Å². The largest absolute Gasteiger partial charge is 1.00 e. The van der Waals surface area contributed by atoms with Gasteiger partial charge in [0.25, 0.3) is 0 Å². The van der Waals surface area contributed by atoms with E-state index in [2.05, 4.69) is 0 Å². The molecule has 2 atom stereocenters. The minimum atomic E-state index is -1.44. The van der Waals surface area contributed by atoms with Crippen LogP contribution in [0.2, 0.25) is 0 Å². The quantitative estimate of drug-likeness (QED) is 0.415. The topological polar surface area (TPSA) is 124 Å².